The molecule has 0 saturated heterocycles. The predicted octanol–water partition coefficient (Wildman–Crippen LogP) is 0.448. The molecule has 3 N–H and O–H groups in total. The van der Waals surface area contributed by atoms with E-state index >= 15 is 0 Å². The van der Waals surface area contributed by atoms with Gasteiger partial charge in [0.25, 0.3) is 0 Å². The number of rotatable bonds is 6. The van der Waals surface area contributed by atoms with Crippen molar-refractivity contribution in [3.63, 3.8) is 0 Å². The number of benzene rings is 1. The Labute approximate surface area is 124 Å². The van der Waals surface area contributed by atoms with Crippen LogP contribution in [0.5, 0.6) is 0 Å². The van der Waals surface area contributed by atoms with Gasteiger partial charge in [-0.25, -0.2) is 8.42 Å². The molecule has 0 aromatic heterocycles. The molecular formula is C13H19N3O4S. The Morgan fingerprint density at radius 2 is 1.76 bits per heavy atom. The predicted molar refractivity (Wildman–Crippen MR) is 79.2 cm³/mol. The van der Waals surface area contributed by atoms with Crippen LogP contribution >= 0.6 is 0 Å². The van der Waals surface area contributed by atoms with Crippen LogP contribution in [0.2, 0.25) is 0 Å². The topological polar surface area (TPSA) is 104 Å². The van der Waals surface area contributed by atoms with Gasteiger partial charge in [0, 0.05) is 19.2 Å². The molecule has 2 amide bonds. The molecule has 0 radical (unpaired) electrons. The van der Waals surface area contributed by atoms with Crippen molar-refractivity contribution < 1.29 is 18.0 Å². The highest BCUT2D eigenvalue weighted by Crippen LogP contribution is 2.14. The van der Waals surface area contributed by atoms with Crippen molar-refractivity contribution in [2.45, 2.75) is 31.7 Å². The molecule has 0 spiro atoms. The number of hydrogen-bond donors (Lipinski definition) is 3. The van der Waals surface area contributed by atoms with Crippen LogP contribution in [-0.4, -0.2) is 32.8 Å². The molecule has 0 aliphatic carbocycles. The van der Waals surface area contributed by atoms with Crippen molar-refractivity contribution in [1.29, 1.82) is 0 Å². The maximum Gasteiger partial charge on any atom is 0.241 e. The van der Waals surface area contributed by atoms with Gasteiger partial charge in [0.1, 0.15) is 0 Å². The average Bonchev–Trinajstić information content (AvgIpc) is 2.38. The van der Waals surface area contributed by atoms with Gasteiger partial charge in [-0.15, -0.1) is 0 Å². The third-order valence-corrected chi connectivity index (χ3v) is 4.12. The summed E-state index contributed by atoms with van der Waals surface area (Å²) in [6.07, 6.45) is 0. The second-order valence-electron chi connectivity index (χ2n) is 4.44. The second kappa shape index (κ2) is 7.19. The SMILES string of the molecule is CCNC(=O)[C@@H](C)NS(=O)(=O)c1ccc(NC(C)=O)cc1. The lowest BCUT2D eigenvalue weighted by Crippen LogP contribution is -2.44. The zero-order valence-corrected chi connectivity index (χ0v) is 13.0. The number of amides is 2. The minimum Gasteiger partial charge on any atom is -0.355 e. The zero-order valence-electron chi connectivity index (χ0n) is 12.1. The van der Waals surface area contributed by atoms with Crippen LogP contribution in [0, 0.1) is 0 Å². The van der Waals surface area contributed by atoms with Crippen LogP contribution in [-0.2, 0) is 19.6 Å². The summed E-state index contributed by atoms with van der Waals surface area (Å²) in [5.41, 5.74) is 0.498. The summed E-state index contributed by atoms with van der Waals surface area (Å²) in [4.78, 5) is 22.5. The molecule has 0 unspecified atom stereocenters. The van der Waals surface area contributed by atoms with Crippen LogP contribution in [0.4, 0.5) is 5.69 Å². The van der Waals surface area contributed by atoms with Crippen LogP contribution in [0.1, 0.15) is 20.8 Å². The molecule has 21 heavy (non-hydrogen) atoms. The lowest BCUT2D eigenvalue weighted by atomic mass is 10.3. The van der Waals surface area contributed by atoms with E-state index in [0.717, 1.165) is 0 Å². The summed E-state index contributed by atoms with van der Waals surface area (Å²) in [5, 5.41) is 5.08. The van der Waals surface area contributed by atoms with Gasteiger partial charge in [-0.3, -0.25) is 9.59 Å². The largest absolute Gasteiger partial charge is 0.355 e. The fourth-order valence-electron chi connectivity index (χ4n) is 1.60. The van der Waals surface area contributed by atoms with Crippen molar-refractivity contribution in [2.24, 2.45) is 0 Å². The van der Waals surface area contributed by atoms with Gasteiger partial charge in [0.05, 0.1) is 10.9 Å². The molecule has 116 valence electrons. The van der Waals surface area contributed by atoms with E-state index < -0.39 is 22.0 Å². The van der Waals surface area contributed by atoms with E-state index in [1.54, 1.807) is 6.92 Å². The molecule has 1 aromatic carbocycles. The molecule has 0 aliphatic heterocycles. The van der Waals surface area contributed by atoms with Crippen LogP contribution in [0.25, 0.3) is 0 Å². The molecular weight excluding hydrogens is 294 g/mol. The fraction of sp³-hybridized carbons (Fsp3) is 0.385. The molecule has 0 saturated carbocycles. The number of carbonyl (C=O) groups is 2. The summed E-state index contributed by atoms with van der Waals surface area (Å²) in [7, 11) is -3.79. The summed E-state index contributed by atoms with van der Waals surface area (Å²) in [6.45, 7) is 5.00. The van der Waals surface area contributed by atoms with Crippen molar-refractivity contribution in [3.8, 4) is 0 Å². The fourth-order valence-corrected chi connectivity index (χ4v) is 2.81. The number of carbonyl (C=O) groups excluding carboxylic acids is 2. The van der Waals surface area contributed by atoms with Gasteiger partial charge < -0.3 is 10.6 Å². The molecule has 0 bridgehead atoms. The smallest absolute Gasteiger partial charge is 0.241 e. The molecule has 8 heteroatoms. The Bertz CT molecular complexity index is 611. The monoisotopic (exact) mass is 313 g/mol. The molecule has 0 aliphatic rings. The standard InChI is InChI=1S/C13H19N3O4S/c1-4-14-13(18)9(2)16-21(19,20)12-7-5-11(6-8-12)15-10(3)17/h5-9,16H,4H2,1-3H3,(H,14,18)(H,15,17)/t9-/m1/s1. The minimum atomic E-state index is -3.79. The average molecular weight is 313 g/mol. The number of sulfonamides is 1. The highest BCUT2D eigenvalue weighted by molar-refractivity contribution is 7.89. The van der Waals surface area contributed by atoms with Crippen molar-refractivity contribution in [2.75, 3.05) is 11.9 Å². The summed E-state index contributed by atoms with van der Waals surface area (Å²) >= 11 is 0. The maximum atomic E-state index is 12.1. The van der Waals surface area contributed by atoms with Crippen molar-refractivity contribution in [1.82, 2.24) is 10.0 Å². The number of anilines is 1. The molecule has 0 heterocycles. The maximum absolute atomic E-state index is 12.1. The summed E-state index contributed by atoms with van der Waals surface area (Å²) in [5.74, 6) is -0.635. The Morgan fingerprint density at radius 1 is 1.19 bits per heavy atom. The second-order valence-corrected chi connectivity index (χ2v) is 6.16. The van der Waals surface area contributed by atoms with E-state index in [-0.39, 0.29) is 10.8 Å². The third kappa shape index (κ3) is 5.16. The summed E-state index contributed by atoms with van der Waals surface area (Å²) < 4.78 is 26.5. The molecule has 7 nitrogen and oxygen atoms in total. The van der Waals surface area contributed by atoms with Crippen molar-refractivity contribution >= 4 is 27.5 Å². The quantitative estimate of drug-likeness (QED) is 0.709. The van der Waals surface area contributed by atoms with Crippen LogP contribution in [0.15, 0.2) is 29.2 Å². The van der Waals surface area contributed by atoms with Gasteiger partial charge in [-0.1, -0.05) is 0 Å². The van der Waals surface area contributed by atoms with E-state index in [2.05, 4.69) is 15.4 Å². The Kier molecular flexibility index (Phi) is 5.86. The lowest BCUT2D eigenvalue weighted by molar-refractivity contribution is -0.122. The Hall–Kier alpha value is -1.93. The van der Waals surface area contributed by atoms with E-state index in [1.807, 2.05) is 0 Å². The first-order chi connectivity index (χ1) is 9.76. The first-order valence-corrected chi connectivity index (χ1v) is 7.92. The van der Waals surface area contributed by atoms with Gasteiger partial charge in [0.15, 0.2) is 0 Å². The van der Waals surface area contributed by atoms with Crippen LogP contribution < -0.4 is 15.4 Å². The highest BCUT2D eigenvalue weighted by Gasteiger charge is 2.21. The first-order valence-electron chi connectivity index (χ1n) is 6.44. The third-order valence-electron chi connectivity index (χ3n) is 2.56. The number of hydrogen-bond acceptors (Lipinski definition) is 4. The van der Waals surface area contributed by atoms with Gasteiger partial charge >= 0.3 is 0 Å². The van der Waals surface area contributed by atoms with Gasteiger partial charge in [-0.2, -0.15) is 4.72 Å². The van der Waals surface area contributed by atoms with Gasteiger partial charge in [0.2, 0.25) is 21.8 Å². The van der Waals surface area contributed by atoms with Crippen molar-refractivity contribution in [3.05, 3.63) is 24.3 Å². The van der Waals surface area contributed by atoms with E-state index in [9.17, 15) is 18.0 Å². The van der Waals surface area contributed by atoms with Gasteiger partial charge in [-0.05, 0) is 38.1 Å². The normalized spacial score (nSPS) is 12.5. The molecule has 1 atom stereocenters. The zero-order chi connectivity index (χ0) is 16.0. The van der Waals surface area contributed by atoms with E-state index in [1.165, 1.54) is 38.1 Å². The van der Waals surface area contributed by atoms with E-state index in [0.29, 0.717) is 12.2 Å². The number of nitrogens with one attached hydrogen (secondary N) is 3. The molecule has 1 rings (SSSR count). The Morgan fingerprint density at radius 3 is 2.24 bits per heavy atom. The first kappa shape index (κ1) is 17.1. The summed E-state index contributed by atoms with van der Waals surface area (Å²) in [6, 6.07) is 4.81. The highest BCUT2D eigenvalue weighted by atomic mass is 32.2. The number of likely N-dealkylation sites (N-methyl/N-ethyl adjacent to an activating group) is 1. The molecule has 1 aromatic rings. The Balaban J connectivity index is 2.83. The van der Waals surface area contributed by atoms with E-state index in [4.69, 9.17) is 0 Å². The lowest BCUT2D eigenvalue weighted by Gasteiger charge is -2.14. The molecule has 0 fully saturated rings. The minimum absolute atomic E-state index is 0.0211. The van der Waals surface area contributed by atoms with Crippen LogP contribution in [0.3, 0.4) is 0 Å².